The lowest BCUT2D eigenvalue weighted by atomic mass is 9.98. The molecule has 13 heteroatoms. The highest BCUT2D eigenvalue weighted by atomic mass is 19.4. The maximum atomic E-state index is 15.0. The van der Waals surface area contributed by atoms with Gasteiger partial charge in [-0.1, -0.05) is 42.5 Å². The number of ether oxygens (including phenoxy) is 1. The molecule has 0 fully saturated rings. The van der Waals surface area contributed by atoms with E-state index >= 15 is 0 Å². The van der Waals surface area contributed by atoms with Gasteiger partial charge in [0.15, 0.2) is 0 Å². The lowest BCUT2D eigenvalue weighted by molar-refractivity contribution is -0.202. The second-order valence-electron chi connectivity index (χ2n) is 9.21. The first kappa shape index (κ1) is 31.7. The van der Waals surface area contributed by atoms with E-state index < -0.39 is 54.8 Å². The summed E-state index contributed by atoms with van der Waals surface area (Å²) in [6.07, 6.45) is -4.17. The van der Waals surface area contributed by atoms with Crippen molar-refractivity contribution in [2.75, 3.05) is 18.4 Å². The van der Waals surface area contributed by atoms with Gasteiger partial charge in [-0.25, -0.2) is 14.2 Å². The molecule has 0 aliphatic heterocycles. The molecular formula is C29H28F4N4O5. The highest BCUT2D eigenvalue weighted by molar-refractivity contribution is 5.89. The molecule has 0 aliphatic rings. The van der Waals surface area contributed by atoms with Crippen molar-refractivity contribution in [3.63, 3.8) is 0 Å². The third-order valence-electron chi connectivity index (χ3n) is 5.87. The van der Waals surface area contributed by atoms with Crippen LogP contribution in [0.3, 0.4) is 0 Å². The number of alkyl halides is 3. The van der Waals surface area contributed by atoms with Crippen LogP contribution < -0.4 is 16.0 Å². The second kappa shape index (κ2) is 14.7. The lowest BCUT2D eigenvalue weighted by Gasteiger charge is -2.19. The van der Waals surface area contributed by atoms with Gasteiger partial charge in [-0.15, -0.1) is 0 Å². The Labute approximate surface area is 238 Å². The minimum atomic E-state index is -5.41. The molecular weight excluding hydrogens is 560 g/mol. The van der Waals surface area contributed by atoms with E-state index in [9.17, 15) is 36.7 Å². The zero-order chi connectivity index (χ0) is 30.7. The second-order valence-corrected chi connectivity index (χ2v) is 9.21. The molecule has 0 radical (unpaired) electrons. The number of anilines is 1. The van der Waals surface area contributed by atoms with Crippen molar-refractivity contribution >= 4 is 29.6 Å². The molecule has 1 unspecified atom stereocenters. The lowest BCUT2D eigenvalue weighted by Crippen LogP contribution is -2.39. The van der Waals surface area contributed by atoms with Crippen LogP contribution in [0.4, 0.5) is 23.4 Å². The maximum absolute atomic E-state index is 15.0. The molecule has 222 valence electrons. The van der Waals surface area contributed by atoms with Gasteiger partial charge in [0.2, 0.25) is 11.8 Å². The van der Waals surface area contributed by atoms with E-state index in [0.29, 0.717) is 24.3 Å². The number of aryl methyl sites for hydroxylation is 1. The molecule has 1 atom stereocenters. The summed E-state index contributed by atoms with van der Waals surface area (Å²) in [6.45, 7) is 1.84. The normalized spacial score (nSPS) is 11.7. The molecule has 0 aliphatic carbocycles. The summed E-state index contributed by atoms with van der Waals surface area (Å²) in [6, 6.07) is 14.6. The fraction of sp³-hybridized carbons (Fsp3) is 0.276. The first-order valence-corrected chi connectivity index (χ1v) is 12.8. The predicted molar refractivity (Wildman–Crippen MR) is 144 cm³/mol. The van der Waals surface area contributed by atoms with Gasteiger partial charge >= 0.3 is 18.1 Å². The van der Waals surface area contributed by atoms with Crippen molar-refractivity contribution in [3.8, 4) is 11.1 Å². The topological polar surface area (TPSA) is 126 Å². The molecule has 0 bridgehead atoms. The molecule has 3 rings (SSSR count). The summed E-state index contributed by atoms with van der Waals surface area (Å²) in [5.74, 6) is -5.63. The highest BCUT2D eigenvalue weighted by Gasteiger charge is 2.42. The van der Waals surface area contributed by atoms with E-state index in [0.717, 1.165) is 11.6 Å². The Bertz CT molecular complexity index is 1420. The van der Waals surface area contributed by atoms with Crippen LogP contribution in [0.2, 0.25) is 0 Å². The zero-order valence-corrected chi connectivity index (χ0v) is 22.5. The summed E-state index contributed by atoms with van der Waals surface area (Å²) in [5.41, 5.74) is 1.80. The summed E-state index contributed by atoms with van der Waals surface area (Å²) >= 11 is 0. The number of esters is 2. The molecule has 42 heavy (non-hydrogen) atoms. The number of aromatic nitrogens is 1. The Balaban J connectivity index is 1.60. The largest absolute Gasteiger partial charge is 0.491 e. The van der Waals surface area contributed by atoms with Crippen molar-refractivity contribution < 1.29 is 41.5 Å². The number of amides is 2. The van der Waals surface area contributed by atoms with Crippen molar-refractivity contribution in [2.24, 2.45) is 0 Å². The van der Waals surface area contributed by atoms with E-state index in [1.54, 1.807) is 36.5 Å². The van der Waals surface area contributed by atoms with Crippen molar-refractivity contribution in [1.29, 1.82) is 0 Å². The number of nitrogens with zero attached hydrogens (tertiary/aromatic N) is 1. The van der Waals surface area contributed by atoms with Crippen LogP contribution >= 0.6 is 0 Å². The van der Waals surface area contributed by atoms with Gasteiger partial charge in [-0.2, -0.15) is 13.2 Å². The average molecular weight is 589 g/mol. The third-order valence-corrected chi connectivity index (χ3v) is 5.87. The van der Waals surface area contributed by atoms with Gasteiger partial charge in [0.25, 0.3) is 0 Å². The SMILES string of the molecule is Cc1ccnc(NCCCC(=O)NCC(=O)NC(CC(=O)OC(=O)C(F)(F)F)c2ccc(-c3ccccc3)c(F)c2)c1. The first-order chi connectivity index (χ1) is 19.9. The summed E-state index contributed by atoms with van der Waals surface area (Å²) < 4.78 is 56.4. The molecule has 1 aromatic heterocycles. The molecule has 2 amide bonds. The Kier molecular flexibility index (Phi) is 11.1. The number of benzene rings is 2. The first-order valence-electron chi connectivity index (χ1n) is 12.8. The number of pyridine rings is 1. The van der Waals surface area contributed by atoms with Crippen molar-refractivity contribution in [3.05, 3.63) is 83.8 Å². The van der Waals surface area contributed by atoms with E-state index in [1.165, 1.54) is 12.1 Å². The summed E-state index contributed by atoms with van der Waals surface area (Å²) in [4.78, 5) is 52.1. The molecule has 2 aromatic carbocycles. The fourth-order valence-corrected chi connectivity index (χ4v) is 3.83. The van der Waals surface area contributed by atoms with Gasteiger partial charge in [-0.05, 0) is 48.2 Å². The van der Waals surface area contributed by atoms with Crippen molar-refractivity contribution in [1.82, 2.24) is 15.6 Å². The highest BCUT2D eigenvalue weighted by Crippen LogP contribution is 2.27. The molecule has 3 N–H and O–H groups in total. The van der Waals surface area contributed by atoms with Gasteiger partial charge < -0.3 is 20.7 Å². The Morgan fingerprint density at radius 1 is 0.976 bits per heavy atom. The van der Waals surface area contributed by atoms with Crippen LogP contribution in [-0.2, 0) is 23.9 Å². The summed E-state index contributed by atoms with van der Waals surface area (Å²) in [5, 5.41) is 7.86. The summed E-state index contributed by atoms with van der Waals surface area (Å²) in [7, 11) is 0. The minimum absolute atomic E-state index is 0.0269. The number of hydrogen-bond acceptors (Lipinski definition) is 7. The predicted octanol–water partition coefficient (Wildman–Crippen LogP) is 4.38. The van der Waals surface area contributed by atoms with Gasteiger partial charge in [0.05, 0.1) is 19.0 Å². The molecule has 0 saturated heterocycles. The van der Waals surface area contributed by atoms with E-state index in [2.05, 4.69) is 25.7 Å². The van der Waals surface area contributed by atoms with Gasteiger partial charge in [0, 0.05) is 24.7 Å². The standard InChI is InChI=1S/C29H28F4N4O5/c1-18-11-13-35-24(14-18)34-12-5-8-25(38)36-17-26(39)37-23(16-27(40)42-28(41)29(31,32)33)20-9-10-21(22(30)15-20)19-6-3-2-4-7-19/h2-4,6-7,9-11,13-15,23H,5,8,12,16-17H2,1H3,(H,34,35)(H,36,38)(H,37,39). The van der Waals surface area contributed by atoms with Crippen LogP contribution in [0.5, 0.6) is 0 Å². The number of carbonyl (C=O) groups is 4. The fourth-order valence-electron chi connectivity index (χ4n) is 3.83. The van der Waals surface area contributed by atoms with Crippen molar-refractivity contribution in [2.45, 2.75) is 38.4 Å². The molecule has 3 aromatic rings. The van der Waals surface area contributed by atoms with Crippen LogP contribution in [0.25, 0.3) is 11.1 Å². The molecule has 0 spiro atoms. The maximum Gasteiger partial charge on any atom is 0.491 e. The third kappa shape index (κ3) is 9.98. The van der Waals surface area contributed by atoms with E-state index in [1.807, 2.05) is 19.1 Å². The van der Waals surface area contributed by atoms with Crippen LogP contribution in [0, 0.1) is 12.7 Å². The Morgan fingerprint density at radius 3 is 2.38 bits per heavy atom. The Hall–Kier alpha value is -4.81. The van der Waals surface area contributed by atoms with Gasteiger partial charge in [-0.3, -0.25) is 14.4 Å². The number of hydrogen-bond donors (Lipinski definition) is 3. The average Bonchev–Trinajstić information content (AvgIpc) is 2.94. The number of nitrogens with one attached hydrogen (secondary N) is 3. The smallest absolute Gasteiger partial charge is 0.386 e. The monoisotopic (exact) mass is 588 g/mol. The Morgan fingerprint density at radius 2 is 1.71 bits per heavy atom. The van der Waals surface area contributed by atoms with Crippen LogP contribution in [0.1, 0.15) is 36.4 Å². The van der Waals surface area contributed by atoms with E-state index in [-0.39, 0.29) is 17.5 Å². The molecule has 1 heterocycles. The minimum Gasteiger partial charge on any atom is -0.386 e. The number of halogens is 4. The zero-order valence-electron chi connectivity index (χ0n) is 22.5. The van der Waals surface area contributed by atoms with E-state index in [4.69, 9.17) is 0 Å². The quantitative estimate of drug-likeness (QED) is 0.124. The van der Waals surface area contributed by atoms with Gasteiger partial charge in [0.1, 0.15) is 11.6 Å². The number of rotatable bonds is 12. The molecule has 0 saturated carbocycles. The van der Waals surface area contributed by atoms with Crippen LogP contribution in [-0.4, -0.2) is 48.0 Å². The molecule has 9 nitrogen and oxygen atoms in total. The number of carbonyl (C=O) groups excluding carboxylic acids is 4. The van der Waals surface area contributed by atoms with Crippen LogP contribution in [0.15, 0.2) is 66.9 Å².